The minimum Gasteiger partial charge on any atom is -0.496 e. The molecule has 3 aromatic carbocycles. The lowest BCUT2D eigenvalue weighted by molar-refractivity contribution is -0.129. The van der Waals surface area contributed by atoms with Gasteiger partial charge in [0.15, 0.2) is 5.70 Å². The van der Waals surface area contributed by atoms with Crippen LogP contribution in [0.1, 0.15) is 21.5 Å². The summed E-state index contributed by atoms with van der Waals surface area (Å²) in [6.07, 6.45) is 1.50. The molecule has 6 nitrogen and oxygen atoms in total. The monoisotopic (exact) mass is 433 g/mol. The lowest BCUT2D eigenvalue weighted by atomic mass is 10.1. The zero-order valence-electron chi connectivity index (χ0n) is 16.4. The highest BCUT2D eigenvalue weighted by atomic mass is 35.5. The van der Waals surface area contributed by atoms with Crippen molar-refractivity contribution in [2.24, 2.45) is 4.99 Å². The van der Waals surface area contributed by atoms with E-state index in [4.69, 9.17) is 25.8 Å². The number of rotatable bonds is 5. The van der Waals surface area contributed by atoms with E-state index in [1.807, 2.05) is 6.07 Å². The third-order valence-electron chi connectivity index (χ3n) is 4.44. The van der Waals surface area contributed by atoms with E-state index in [-0.39, 0.29) is 11.6 Å². The second-order valence-corrected chi connectivity index (χ2v) is 6.91. The van der Waals surface area contributed by atoms with Crippen LogP contribution in [-0.2, 0) is 9.53 Å². The molecular formula is C24H16ClNO5. The highest BCUT2D eigenvalue weighted by Crippen LogP contribution is 2.29. The molecule has 0 N–H and O–H groups in total. The van der Waals surface area contributed by atoms with Crippen LogP contribution in [0.4, 0.5) is 0 Å². The van der Waals surface area contributed by atoms with E-state index in [2.05, 4.69) is 4.99 Å². The fraction of sp³-hybridized carbons (Fsp3) is 0.0417. The number of ether oxygens (including phenoxy) is 3. The summed E-state index contributed by atoms with van der Waals surface area (Å²) in [6, 6.07) is 20.4. The number of esters is 2. The van der Waals surface area contributed by atoms with Gasteiger partial charge in [-0.25, -0.2) is 14.6 Å². The summed E-state index contributed by atoms with van der Waals surface area (Å²) in [5.41, 5.74) is 1.43. The Morgan fingerprint density at radius 1 is 1.00 bits per heavy atom. The summed E-state index contributed by atoms with van der Waals surface area (Å²) in [4.78, 5) is 29.1. The fourth-order valence-electron chi connectivity index (χ4n) is 2.94. The van der Waals surface area contributed by atoms with Gasteiger partial charge in [0.2, 0.25) is 5.90 Å². The molecule has 0 saturated heterocycles. The Balaban J connectivity index is 1.66. The van der Waals surface area contributed by atoms with Gasteiger partial charge in [0.05, 0.1) is 18.2 Å². The van der Waals surface area contributed by atoms with Gasteiger partial charge in [0.1, 0.15) is 11.5 Å². The Morgan fingerprint density at radius 2 is 1.74 bits per heavy atom. The quantitative estimate of drug-likeness (QED) is 0.324. The third kappa shape index (κ3) is 4.49. The molecule has 0 unspecified atom stereocenters. The molecule has 31 heavy (non-hydrogen) atoms. The number of hydrogen-bond donors (Lipinski definition) is 0. The van der Waals surface area contributed by atoms with Gasteiger partial charge >= 0.3 is 11.9 Å². The Hall–Kier alpha value is -3.90. The van der Waals surface area contributed by atoms with E-state index in [1.165, 1.54) is 13.2 Å². The van der Waals surface area contributed by atoms with Crippen LogP contribution in [0.5, 0.6) is 11.5 Å². The molecule has 0 bridgehead atoms. The number of hydrogen-bond acceptors (Lipinski definition) is 6. The molecule has 154 valence electrons. The molecule has 0 aliphatic carbocycles. The van der Waals surface area contributed by atoms with E-state index in [1.54, 1.807) is 66.7 Å². The first-order valence-electron chi connectivity index (χ1n) is 9.28. The number of para-hydroxylation sites is 1. The van der Waals surface area contributed by atoms with Crippen molar-refractivity contribution in [2.75, 3.05) is 7.11 Å². The topological polar surface area (TPSA) is 74.2 Å². The van der Waals surface area contributed by atoms with Crippen LogP contribution in [0.15, 0.2) is 83.5 Å². The summed E-state index contributed by atoms with van der Waals surface area (Å²) in [5.74, 6) is -0.307. The first-order chi connectivity index (χ1) is 15.0. The van der Waals surface area contributed by atoms with E-state index in [9.17, 15) is 9.59 Å². The van der Waals surface area contributed by atoms with Crippen molar-refractivity contribution in [3.05, 3.63) is 100 Å². The largest absolute Gasteiger partial charge is 0.496 e. The van der Waals surface area contributed by atoms with Gasteiger partial charge < -0.3 is 14.2 Å². The van der Waals surface area contributed by atoms with Crippen molar-refractivity contribution < 1.29 is 23.8 Å². The maximum atomic E-state index is 12.4. The van der Waals surface area contributed by atoms with E-state index in [0.29, 0.717) is 33.2 Å². The molecule has 0 amide bonds. The van der Waals surface area contributed by atoms with Gasteiger partial charge in [0.25, 0.3) is 0 Å². The van der Waals surface area contributed by atoms with Crippen molar-refractivity contribution >= 4 is 35.5 Å². The number of cyclic esters (lactones) is 1. The smallest absolute Gasteiger partial charge is 0.363 e. The Morgan fingerprint density at radius 3 is 2.52 bits per heavy atom. The van der Waals surface area contributed by atoms with Crippen LogP contribution < -0.4 is 9.47 Å². The standard InChI is InChI=1S/C24H16ClNO5/c1-29-21-12-11-17(25)14-18(21)22-26-19(24(28)31-22)13-16-9-5-6-10-20(16)30-23(27)15-7-3-2-4-8-15/h2-14H,1H3/b19-13-. The molecule has 4 rings (SSSR count). The fourth-order valence-corrected chi connectivity index (χ4v) is 3.12. The average Bonchev–Trinajstić information content (AvgIpc) is 3.15. The molecule has 3 aromatic rings. The lowest BCUT2D eigenvalue weighted by Gasteiger charge is -2.07. The second-order valence-electron chi connectivity index (χ2n) is 6.47. The van der Waals surface area contributed by atoms with E-state index in [0.717, 1.165) is 0 Å². The molecule has 0 fully saturated rings. The minimum absolute atomic E-state index is 0.0558. The van der Waals surface area contributed by atoms with Crippen LogP contribution in [0.3, 0.4) is 0 Å². The van der Waals surface area contributed by atoms with Crippen LogP contribution >= 0.6 is 11.6 Å². The van der Waals surface area contributed by atoms with Crippen molar-refractivity contribution in [3.8, 4) is 11.5 Å². The highest BCUT2D eigenvalue weighted by Gasteiger charge is 2.27. The number of benzene rings is 3. The van der Waals surface area contributed by atoms with E-state index >= 15 is 0 Å². The lowest BCUT2D eigenvalue weighted by Crippen LogP contribution is -2.09. The van der Waals surface area contributed by atoms with Gasteiger partial charge in [-0.05, 0) is 42.5 Å². The Kier molecular flexibility index (Phi) is 5.82. The van der Waals surface area contributed by atoms with Crippen molar-refractivity contribution in [3.63, 3.8) is 0 Å². The van der Waals surface area contributed by atoms with Gasteiger partial charge in [-0.2, -0.15) is 0 Å². The molecule has 7 heteroatoms. The number of carbonyl (C=O) groups excluding carboxylic acids is 2. The van der Waals surface area contributed by atoms with Crippen molar-refractivity contribution in [1.29, 1.82) is 0 Å². The summed E-state index contributed by atoms with van der Waals surface area (Å²) >= 11 is 6.06. The second kappa shape index (κ2) is 8.85. The number of aliphatic imine (C=N–C) groups is 1. The van der Waals surface area contributed by atoms with Crippen molar-refractivity contribution in [1.82, 2.24) is 0 Å². The maximum absolute atomic E-state index is 12.4. The van der Waals surface area contributed by atoms with Crippen LogP contribution in [0, 0.1) is 0 Å². The maximum Gasteiger partial charge on any atom is 0.363 e. The van der Waals surface area contributed by atoms with Crippen LogP contribution in [0.2, 0.25) is 5.02 Å². The SMILES string of the molecule is COc1ccc(Cl)cc1C1=N/C(=C\c2ccccc2OC(=O)c2ccccc2)C(=O)O1. The number of methoxy groups -OCH3 is 1. The van der Waals surface area contributed by atoms with E-state index < -0.39 is 11.9 Å². The number of halogens is 1. The molecule has 0 atom stereocenters. The first-order valence-corrected chi connectivity index (χ1v) is 9.65. The molecule has 0 saturated carbocycles. The summed E-state index contributed by atoms with van der Waals surface area (Å²) in [7, 11) is 1.50. The molecule has 0 radical (unpaired) electrons. The first kappa shape index (κ1) is 20.4. The number of nitrogens with zero attached hydrogens (tertiary/aromatic N) is 1. The van der Waals surface area contributed by atoms with Crippen LogP contribution in [0.25, 0.3) is 6.08 Å². The highest BCUT2D eigenvalue weighted by molar-refractivity contribution is 6.31. The summed E-state index contributed by atoms with van der Waals surface area (Å²) < 4.78 is 16.1. The minimum atomic E-state index is -0.638. The molecular weight excluding hydrogens is 418 g/mol. The van der Waals surface area contributed by atoms with Gasteiger partial charge in [0, 0.05) is 10.6 Å². The zero-order valence-corrected chi connectivity index (χ0v) is 17.1. The molecule has 1 aliphatic rings. The average molecular weight is 434 g/mol. The molecule has 1 heterocycles. The Bertz CT molecular complexity index is 1220. The summed E-state index contributed by atoms with van der Waals surface area (Å²) in [6.45, 7) is 0. The Labute approximate surface area is 183 Å². The predicted octanol–water partition coefficient (Wildman–Crippen LogP) is 4.91. The third-order valence-corrected chi connectivity index (χ3v) is 4.67. The summed E-state index contributed by atoms with van der Waals surface area (Å²) in [5, 5.41) is 0.449. The predicted molar refractivity (Wildman–Crippen MR) is 116 cm³/mol. The zero-order chi connectivity index (χ0) is 21.8. The normalized spacial score (nSPS) is 14.2. The van der Waals surface area contributed by atoms with Gasteiger partial charge in [-0.15, -0.1) is 0 Å². The molecule has 0 aromatic heterocycles. The van der Waals surface area contributed by atoms with Crippen molar-refractivity contribution in [2.45, 2.75) is 0 Å². The molecule has 1 aliphatic heterocycles. The van der Waals surface area contributed by atoms with Gasteiger partial charge in [-0.3, -0.25) is 0 Å². The molecule has 0 spiro atoms. The van der Waals surface area contributed by atoms with Gasteiger partial charge in [-0.1, -0.05) is 48.0 Å². The number of carbonyl (C=O) groups is 2. The van der Waals surface area contributed by atoms with Crippen LogP contribution in [-0.4, -0.2) is 24.9 Å².